The van der Waals surface area contributed by atoms with E-state index in [4.69, 9.17) is 4.42 Å². The van der Waals surface area contributed by atoms with Gasteiger partial charge in [-0.25, -0.2) is 9.37 Å². The third kappa shape index (κ3) is 5.76. The van der Waals surface area contributed by atoms with Gasteiger partial charge in [-0.15, -0.1) is 0 Å². The number of aromatic nitrogens is 2. The van der Waals surface area contributed by atoms with E-state index in [2.05, 4.69) is 9.97 Å². The third-order valence-electron chi connectivity index (χ3n) is 5.55. The molecule has 3 aromatic rings. The number of halogens is 1. The Labute approximate surface area is 181 Å². The van der Waals surface area contributed by atoms with Crippen LogP contribution >= 0.6 is 0 Å². The molecule has 0 bridgehead atoms. The summed E-state index contributed by atoms with van der Waals surface area (Å²) in [6.45, 7) is 2.36. The number of likely N-dealkylation sites (tertiary alicyclic amines) is 1. The molecule has 0 radical (unpaired) electrons. The van der Waals surface area contributed by atoms with Crippen LogP contribution in [0.1, 0.15) is 41.7 Å². The second-order valence-electron chi connectivity index (χ2n) is 8.14. The fourth-order valence-corrected chi connectivity index (χ4v) is 3.96. The van der Waals surface area contributed by atoms with E-state index in [0.29, 0.717) is 31.9 Å². The topological polar surface area (TPSA) is 62.5 Å². The highest BCUT2D eigenvalue weighted by molar-refractivity contribution is 5.78. The Bertz CT molecular complexity index is 990. The fraction of sp³-hybridized carbons (Fsp3) is 0.375. The number of likely N-dealkylation sites (N-methyl/N-ethyl adjacent to an activating group) is 1. The number of oxazole rings is 1. The summed E-state index contributed by atoms with van der Waals surface area (Å²) >= 11 is 0. The summed E-state index contributed by atoms with van der Waals surface area (Å²) in [5.74, 6) is 1.39. The van der Waals surface area contributed by atoms with Crippen molar-refractivity contribution in [1.82, 2.24) is 19.8 Å². The highest BCUT2D eigenvalue weighted by Gasteiger charge is 2.28. The van der Waals surface area contributed by atoms with Crippen LogP contribution in [-0.2, 0) is 17.8 Å². The van der Waals surface area contributed by atoms with E-state index in [0.717, 1.165) is 36.4 Å². The van der Waals surface area contributed by atoms with Crippen molar-refractivity contribution in [2.75, 3.05) is 26.7 Å². The molecule has 1 amide bonds. The molecule has 0 spiro atoms. The SMILES string of the molecule is CN(CC(=O)N1CCC[C@@H](c2ncc(Cc3ccc(F)cc3)o2)C1)Cc1ccccn1. The van der Waals surface area contributed by atoms with Crippen LogP contribution in [0.25, 0.3) is 0 Å². The van der Waals surface area contributed by atoms with Gasteiger partial charge in [0.25, 0.3) is 0 Å². The minimum atomic E-state index is -0.250. The van der Waals surface area contributed by atoms with E-state index < -0.39 is 0 Å². The largest absolute Gasteiger partial charge is 0.445 e. The van der Waals surface area contributed by atoms with Gasteiger partial charge in [0.2, 0.25) is 5.91 Å². The maximum absolute atomic E-state index is 13.1. The molecule has 1 aliphatic rings. The molecule has 0 N–H and O–H groups in total. The first-order valence-electron chi connectivity index (χ1n) is 10.6. The van der Waals surface area contributed by atoms with E-state index in [-0.39, 0.29) is 17.6 Å². The van der Waals surface area contributed by atoms with Gasteiger partial charge in [-0.3, -0.25) is 14.7 Å². The Morgan fingerprint density at radius 1 is 1.23 bits per heavy atom. The Morgan fingerprint density at radius 3 is 2.84 bits per heavy atom. The van der Waals surface area contributed by atoms with Crippen molar-refractivity contribution in [2.45, 2.75) is 31.7 Å². The van der Waals surface area contributed by atoms with Gasteiger partial charge in [0, 0.05) is 32.3 Å². The zero-order valence-corrected chi connectivity index (χ0v) is 17.7. The summed E-state index contributed by atoms with van der Waals surface area (Å²) < 4.78 is 19.1. The molecular weight excluding hydrogens is 395 g/mol. The predicted octanol–water partition coefficient (Wildman–Crippen LogP) is 3.64. The molecule has 0 unspecified atom stereocenters. The quantitative estimate of drug-likeness (QED) is 0.582. The first-order chi connectivity index (χ1) is 15.1. The fourth-order valence-electron chi connectivity index (χ4n) is 3.96. The highest BCUT2D eigenvalue weighted by Crippen LogP contribution is 2.27. The standard InChI is InChI=1S/C24H27FN4O2/c1-28(16-21-6-2-3-11-26-21)17-23(30)29-12-4-5-19(15-29)24-27-14-22(31-24)13-18-7-9-20(25)10-8-18/h2-3,6-11,14,19H,4-5,12-13,15-17H2,1H3/t19-/m1/s1. The highest BCUT2D eigenvalue weighted by atomic mass is 19.1. The van der Waals surface area contributed by atoms with Crippen molar-refractivity contribution in [2.24, 2.45) is 0 Å². The van der Waals surface area contributed by atoms with Crippen LogP contribution in [0.3, 0.4) is 0 Å². The summed E-state index contributed by atoms with van der Waals surface area (Å²) in [4.78, 5) is 25.5. The lowest BCUT2D eigenvalue weighted by molar-refractivity contribution is -0.133. The normalized spacial score (nSPS) is 16.6. The number of hydrogen-bond donors (Lipinski definition) is 0. The number of carbonyl (C=O) groups is 1. The molecule has 1 fully saturated rings. The van der Waals surface area contributed by atoms with Gasteiger partial charge < -0.3 is 9.32 Å². The van der Waals surface area contributed by atoms with Crippen molar-refractivity contribution >= 4 is 5.91 Å². The zero-order chi connectivity index (χ0) is 21.6. The minimum absolute atomic E-state index is 0.0979. The molecule has 4 rings (SSSR count). The molecule has 1 aromatic carbocycles. The van der Waals surface area contributed by atoms with Gasteiger partial charge in [-0.1, -0.05) is 18.2 Å². The third-order valence-corrected chi connectivity index (χ3v) is 5.55. The molecule has 0 saturated carbocycles. The van der Waals surface area contributed by atoms with Crippen molar-refractivity contribution < 1.29 is 13.6 Å². The van der Waals surface area contributed by atoms with E-state index in [1.165, 1.54) is 12.1 Å². The van der Waals surface area contributed by atoms with Gasteiger partial charge >= 0.3 is 0 Å². The summed E-state index contributed by atoms with van der Waals surface area (Å²) in [6, 6.07) is 12.2. The van der Waals surface area contributed by atoms with Crippen LogP contribution in [0.2, 0.25) is 0 Å². The van der Waals surface area contributed by atoms with Crippen molar-refractivity contribution in [3.8, 4) is 0 Å². The van der Waals surface area contributed by atoms with Crippen molar-refractivity contribution in [1.29, 1.82) is 0 Å². The number of rotatable bonds is 7. The summed E-state index contributed by atoms with van der Waals surface area (Å²) in [6.07, 6.45) is 5.95. The molecule has 1 atom stereocenters. The van der Waals surface area contributed by atoms with Crippen LogP contribution in [0.15, 0.2) is 59.3 Å². The van der Waals surface area contributed by atoms with Gasteiger partial charge in [-0.05, 0) is 49.7 Å². The monoisotopic (exact) mass is 422 g/mol. The summed E-state index contributed by atoms with van der Waals surface area (Å²) in [5.41, 5.74) is 1.92. The zero-order valence-electron chi connectivity index (χ0n) is 17.7. The van der Waals surface area contributed by atoms with E-state index >= 15 is 0 Å². The summed E-state index contributed by atoms with van der Waals surface area (Å²) in [5, 5.41) is 0. The maximum atomic E-state index is 13.1. The van der Waals surface area contributed by atoms with E-state index in [1.54, 1.807) is 24.5 Å². The van der Waals surface area contributed by atoms with E-state index in [9.17, 15) is 9.18 Å². The first kappa shape index (κ1) is 21.2. The smallest absolute Gasteiger partial charge is 0.236 e. The number of benzene rings is 1. The maximum Gasteiger partial charge on any atom is 0.236 e. The Hall–Kier alpha value is -3.06. The second kappa shape index (κ2) is 9.83. The molecule has 31 heavy (non-hydrogen) atoms. The van der Waals surface area contributed by atoms with Crippen LogP contribution in [0.4, 0.5) is 4.39 Å². The van der Waals surface area contributed by atoms with Gasteiger partial charge in [0.05, 0.1) is 24.4 Å². The van der Waals surface area contributed by atoms with Crippen LogP contribution < -0.4 is 0 Å². The molecule has 2 aromatic heterocycles. The number of carbonyl (C=O) groups excluding carboxylic acids is 1. The number of piperidine rings is 1. The van der Waals surface area contributed by atoms with Gasteiger partial charge in [-0.2, -0.15) is 0 Å². The minimum Gasteiger partial charge on any atom is -0.445 e. The van der Waals surface area contributed by atoms with Crippen LogP contribution in [-0.4, -0.2) is 52.4 Å². The Morgan fingerprint density at radius 2 is 2.06 bits per heavy atom. The number of amides is 1. The Balaban J connectivity index is 1.32. The van der Waals surface area contributed by atoms with Gasteiger partial charge in [0.1, 0.15) is 11.6 Å². The second-order valence-corrected chi connectivity index (χ2v) is 8.14. The lowest BCUT2D eigenvalue weighted by Crippen LogP contribution is -2.43. The Kier molecular flexibility index (Phi) is 6.72. The first-order valence-corrected chi connectivity index (χ1v) is 10.6. The number of pyridine rings is 1. The molecule has 0 aliphatic carbocycles. The average Bonchev–Trinajstić information content (AvgIpc) is 3.24. The van der Waals surface area contributed by atoms with Gasteiger partial charge in [0.15, 0.2) is 5.89 Å². The molecule has 1 saturated heterocycles. The number of hydrogen-bond acceptors (Lipinski definition) is 5. The molecule has 7 heteroatoms. The molecule has 3 heterocycles. The van der Waals surface area contributed by atoms with Crippen molar-refractivity contribution in [3.05, 3.63) is 83.6 Å². The van der Waals surface area contributed by atoms with Crippen LogP contribution in [0, 0.1) is 5.82 Å². The lowest BCUT2D eigenvalue weighted by Gasteiger charge is -2.32. The van der Waals surface area contributed by atoms with E-state index in [1.807, 2.05) is 35.0 Å². The molecule has 162 valence electrons. The molecular formula is C24H27FN4O2. The molecule has 6 nitrogen and oxygen atoms in total. The van der Waals surface area contributed by atoms with Crippen LogP contribution in [0.5, 0.6) is 0 Å². The molecule has 1 aliphatic heterocycles. The van der Waals surface area contributed by atoms with Crippen molar-refractivity contribution in [3.63, 3.8) is 0 Å². The predicted molar refractivity (Wildman–Crippen MR) is 115 cm³/mol. The summed E-state index contributed by atoms with van der Waals surface area (Å²) in [7, 11) is 1.93. The lowest BCUT2D eigenvalue weighted by atomic mass is 9.98. The average molecular weight is 423 g/mol. The number of nitrogens with zero attached hydrogens (tertiary/aromatic N) is 4.